The fraction of sp³-hybridized carbons (Fsp3) is 0.364. The Morgan fingerprint density at radius 2 is 1.86 bits per heavy atom. The third kappa shape index (κ3) is 3.99. The largest absolute Gasteiger partial charge is 0.443 e. The quantitative estimate of drug-likeness (QED) is 0.714. The van der Waals surface area contributed by atoms with Crippen LogP contribution in [0.25, 0.3) is 0 Å². The average Bonchev–Trinajstić information content (AvgIpc) is 3.01. The van der Waals surface area contributed by atoms with Crippen molar-refractivity contribution in [3.8, 4) is 0 Å². The molecule has 1 aliphatic rings. The van der Waals surface area contributed by atoms with E-state index in [9.17, 15) is 9.59 Å². The molecule has 2 aromatic carbocycles. The third-order valence-corrected chi connectivity index (χ3v) is 5.13. The lowest BCUT2D eigenvalue weighted by Crippen LogP contribution is -2.50. The second kappa shape index (κ2) is 7.47. The zero-order valence-electron chi connectivity index (χ0n) is 16.8. The standard InChI is InChI=1S/C22H25ClN2O3/c1-14-12-16(10-11-17(14)23)24(5)20(26)19-13-15-8-6-7-9-18(15)25(19)21(27)28-22(2,3)4/h6-12,19H,13H2,1-5H3/t19-/m0/s1. The lowest BCUT2D eigenvalue weighted by atomic mass is 10.1. The summed E-state index contributed by atoms with van der Waals surface area (Å²) >= 11 is 6.11. The monoisotopic (exact) mass is 400 g/mol. The first kappa shape index (κ1) is 20.2. The summed E-state index contributed by atoms with van der Waals surface area (Å²) < 4.78 is 5.58. The number of ether oxygens (including phenoxy) is 1. The number of carbonyl (C=O) groups excluding carboxylic acids is 2. The van der Waals surface area contributed by atoms with Crippen LogP contribution in [-0.4, -0.2) is 30.7 Å². The van der Waals surface area contributed by atoms with Crippen LogP contribution in [0.1, 0.15) is 31.9 Å². The summed E-state index contributed by atoms with van der Waals surface area (Å²) in [5.74, 6) is -0.177. The van der Waals surface area contributed by atoms with Crippen molar-refractivity contribution in [1.29, 1.82) is 0 Å². The number of amides is 2. The number of rotatable bonds is 2. The predicted molar refractivity (Wildman–Crippen MR) is 112 cm³/mol. The van der Waals surface area contributed by atoms with Gasteiger partial charge in [0.2, 0.25) is 5.91 Å². The number of anilines is 2. The van der Waals surface area contributed by atoms with Crippen LogP contribution in [0.15, 0.2) is 42.5 Å². The Bertz CT molecular complexity index is 920. The van der Waals surface area contributed by atoms with Crippen LogP contribution < -0.4 is 9.80 Å². The SMILES string of the molecule is Cc1cc(N(C)C(=O)[C@@H]2Cc3ccccc3N2C(=O)OC(C)(C)C)ccc1Cl. The van der Waals surface area contributed by atoms with E-state index in [1.807, 2.05) is 58.0 Å². The van der Waals surface area contributed by atoms with Crippen molar-refractivity contribution in [1.82, 2.24) is 0 Å². The van der Waals surface area contributed by atoms with Gasteiger partial charge >= 0.3 is 6.09 Å². The minimum Gasteiger partial charge on any atom is -0.443 e. The molecule has 2 amide bonds. The number of hydrogen-bond acceptors (Lipinski definition) is 3. The van der Waals surface area contributed by atoms with Gasteiger partial charge in [0.15, 0.2) is 0 Å². The zero-order valence-corrected chi connectivity index (χ0v) is 17.6. The molecule has 0 fully saturated rings. The van der Waals surface area contributed by atoms with E-state index in [1.54, 1.807) is 24.1 Å². The highest BCUT2D eigenvalue weighted by Gasteiger charge is 2.41. The molecule has 1 aliphatic heterocycles. The van der Waals surface area contributed by atoms with Gasteiger partial charge in [-0.15, -0.1) is 0 Å². The molecule has 28 heavy (non-hydrogen) atoms. The van der Waals surface area contributed by atoms with Gasteiger partial charge in [-0.05, 0) is 63.1 Å². The van der Waals surface area contributed by atoms with Crippen LogP contribution in [0.5, 0.6) is 0 Å². The molecule has 5 nitrogen and oxygen atoms in total. The van der Waals surface area contributed by atoms with Crippen molar-refractivity contribution in [2.24, 2.45) is 0 Å². The molecule has 0 saturated carbocycles. The molecule has 0 saturated heterocycles. The van der Waals surface area contributed by atoms with Crippen LogP contribution in [0.2, 0.25) is 5.02 Å². The number of benzene rings is 2. The van der Waals surface area contributed by atoms with E-state index in [2.05, 4.69) is 0 Å². The van der Waals surface area contributed by atoms with Crippen LogP contribution >= 0.6 is 11.6 Å². The molecule has 0 bridgehead atoms. The minimum atomic E-state index is -0.659. The van der Waals surface area contributed by atoms with Crippen LogP contribution in [0, 0.1) is 6.92 Å². The topological polar surface area (TPSA) is 49.9 Å². The smallest absolute Gasteiger partial charge is 0.415 e. The van der Waals surface area contributed by atoms with Crippen LogP contribution in [0.3, 0.4) is 0 Å². The average molecular weight is 401 g/mol. The molecule has 0 aromatic heterocycles. The van der Waals surface area contributed by atoms with Crippen molar-refractivity contribution < 1.29 is 14.3 Å². The number of hydrogen-bond donors (Lipinski definition) is 0. The molecule has 0 unspecified atom stereocenters. The molecule has 2 aromatic rings. The molecule has 1 heterocycles. The Kier molecular flexibility index (Phi) is 5.39. The number of aryl methyl sites for hydroxylation is 1. The van der Waals surface area contributed by atoms with E-state index in [0.29, 0.717) is 11.4 Å². The minimum absolute atomic E-state index is 0.177. The van der Waals surface area contributed by atoms with E-state index in [-0.39, 0.29) is 5.91 Å². The second-order valence-corrected chi connectivity index (χ2v) is 8.44. The van der Waals surface area contributed by atoms with Crippen LogP contribution in [-0.2, 0) is 16.0 Å². The first-order valence-corrected chi connectivity index (χ1v) is 9.60. The Morgan fingerprint density at radius 3 is 2.50 bits per heavy atom. The number of halogens is 1. The molecule has 0 radical (unpaired) electrons. The van der Waals surface area contributed by atoms with E-state index in [1.165, 1.54) is 4.90 Å². The Morgan fingerprint density at radius 1 is 1.18 bits per heavy atom. The predicted octanol–water partition coefficient (Wildman–Crippen LogP) is 4.98. The summed E-state index contributed by atoms with van der Waals surface area (Å²) in [5.41, 5.74) is 2.63. The van der Waals surface area contributed by atoms with Gasteiger partial charge in [-0.25, -0.2) is 4.79 Å². The molecule has 3 rings (SSSR count). The summed E-state index contributed by atoms with van der Waals surface area (Å²) in [4.78, 5) is 29.3. The normalized spacial score (nSPS) is 15.9. The molecule has 148 valence electrons. The molecule has 0 aliphatic carbocycles. The van der Waals surface area contributed by atoms with E-state index in [0.717, 1.165) is 22.5 Å². The van der Waals surface area contributed by atoms with Crippen molar-refractivity contribution in [3.63, 3.8) is 0 Å². The first-order chi connectivity index (χ1) is 13.1. The molecular weight excluding hydrogens is 376 g/mol. The highest BCUT2D eigenvalue weighted by Crippen LogP contribution is 2.35. The zero-order chi connectivity index (χ0) is 20.6. The van der Waals surface area contributed by atoms with Gasteiger partial charge in [0.1, 0.15) is 11.6 Å². The van der Waals surface area contributed by atoms with Crippen molar-refractivity contribution in [3.05, 3.63) is 58.6 Å². The highest BCUT2D eigenvalue weighted by molar-refractivity contribution is 6.31. The van der Waals surface area contributed by atoms with Gasteiger partial charge in [-0.1, -0.05) is 29.8 Å². The Labute approximate surface area is 170 Å². The Hall–Kier alpha value is -2.53. The highest BCUT2D eigenvalue weighted by atomic mass is 35.5. The maximum absolute atomic E-state index is 13.3. The second-order valence-electron chi connectivity index (χ2n) is 8.03. The molecule has 1 atom stereocenters. The van der Waals surface area contributed by atoms with Crippen LogP contribution in [0.4, 0.5) is 16.2 Å². The summed E-state index contributed by atoms with van der Waals surface area (Å²) in [7, 11) is 1.71. The van der Waals surface area contributed by atoms with Gasteiger partial charge in [0.25, 0.3) is 0 Å². The van der Waals surface area contributed by atoms with Gasteiger partial charge in [-0.2, -0.15) is 0 Å². The number of likely N-dealkylation sites (N-methyl/N-ethyl adjacent to an activating group) is 1. The summed E-state index contributed by atoms with van der Waals surface area (Å²) in [5, 5.41) is 0.647. The summed E-state index contributed by atoms with van der Waals surface area (Å²) in [6.07, 6.45) is -0.0676. The molecule has 0 spiro atoms. The van der Waals surface area contributed by atoms with Crippen molar-refractivity contribution in [2.45, 2.75) is 45.8 Å². The number of nitrogens with zero attached hydrogens (tertiary/aromatic N) is 2. The first-order valence-electron chi connectivity index (χ1n) is 9.22. The molecule has 6 heteroatoms. The lowest BCUT2D eigenvalue weighted by molar-refractivity contribution is -0.119. The maximum Gasteiger partial charge on any atom is 0.415 e. The van der Waals surface area contributed by atoms with Crippen molar-refractivity contribution >= 4 is 35.0 Å². The van der Waals surface area contributed by atoms with Gasteiger partial charge in [0.05, 0.1) is 5.69 Å². The van der Waals surface area contributed by atoms with E-state index >= 15 is 0 Å². The summed E-state index contributed by atoms with van der Waals surface area (Å²) in [6.45, 7) is 7.33. The number of carbonyl (C=O) groups is 2. The number of fused-ring (bicyclic) bond motifs is 1. The van der Waals surface area contributed by atoms with E-state index in [4.69, 9.17) is 16.3 Å². The Balaban J connectivity index is 1.93. The maximum atomic E-state index is 13.3. The third-order valence-electron chi connectivity index (χ3n) is 4.71. The van der Waals surface area contributed by atoms with Gasteiger partial charge < -0.3 is 9.64 Å². The van der Waals surface area contributed by atoms with Crippen molar-refractivity contribution in [2.75, 3.05) is 16.8 Å². The summed E-state index contributed by atoms with van der Waals surface area (Å²) in [6, 6.07) is 12.3. The fourth-order valence-corrected chi connectivity index (χ4v) is 3.43. The van der Waals surface area contributed by atoms with E-state index < -0.39 is 17.7 Å². The lowest BCUT2D eigenvalue weighted by Gasteiger charge is -2.30. The molecule has 0 N–H and O–H groups in total. The fourth-order valence-electron chi connectivity index (χ4n) is 3.31. The van der Waals surface area contributed by atoms with Gasteiger partial charge in [-0.3, -0.25) is 9.69 Å². The molecular formula is C22H25ClN2O3. The van der Waals surface area contributed by atoms with Gasteiger partial charge in [0, 0.05) is 24.2 Å². The number of para-hydroxylation sites is 1.